The molecule has 2 aliphatic carbocycles. The third-order valence-electron chi connectivity index (χ3n) is 4.87. The van der Waals surface area contributed by atoms with Crippen molar-refractivity contribution in [1.29, 1.82) is 0 Å². The van der Waals surface area contributed by atoms with Crippen molar-refractivity contribution in [3.63, 3.8) is 0 Å². The first-order valence-corrected chi connectivity index (χ1v) is 8.26. The molecule has 0 aliphatic heterocycles. The zero-order chi connectivity index (χ0) is 15.9. The van der Waals surface area contributed by atoms with E-state index >= 15 is 0 Å². The molecule has 4 heteroatoms. The minimum absolute atomic E-state index is 0.118. The van der Waals surface area contributed by atoms with E-state index in [9.17, 15) is 9.18 Å². The Morgan fingerprint density at radius 2 is 2.23 bits per heavy atom. The summed E-state index contributed by atoms with van der Waals surface area (Å²) in [7, 11) is 1.43. The van der Waals surface area contributed by atoms with E-state index in [1.54, 1.807) is 6.08 Å². The molecule has 0 amide bonds. The third kappa shape index (κ3) is 2.36. The molecule has 2 unspecified atom stereocenters. The van der Waals surface area contributed by atoms with Crippen molar-refractivity contribution in [2.75, 3.05) is 7.11 Å². The summed E-state index contributed by atoms with van der Waals surface area (Å²) in [6, 6.07) is 1.49. The predicted octanol–water partition coefficient (Wildman–Crippen LogP) is 5.14. The fraction of sp³-hybridized carbons (Fsp3) is 0.500. The van der Waals surface area contributed by atoms with Gasteiger partial charge >= 0.3 is 0 Å². The lowest BCUT2D eigenvalue weighted by Crippen LogP contribution is -2.14. The van der Waals surface area contributed by atoms with Gasteiger partial charge in [-0.05, 0) is 53.5 Å². The van der Waals surface area contributed by atoms with Crippen molar-refractivity contribution in [2.24, 2.45) is 5.92 Å². The average Bonchev–Trinajstić information content (AvgIpc) is 2.79. The number of halogens is 2. The van der Waals surface area contributed by atoms with Gasteiger partial charge in [0.15, 0.2) is 17.3 Å². The molecule has 3 rings (SSSR count). The molecule has 1 aromatic rings. The number of fused-ring (bicyclic) bond motifs is 3. The van der Waals surface area contributed by atoms with E-state index in [1.807, 2.05) is 0 Å². The van der Waals surface area contributed by atoms with Crippen molar-refractivity contribution in [3.8, 4) is 5.75 Å². The molecule has 0 spiro atoms. The van der Waals surface area contributed by atoms with Gasteiger partial charge in [-0.3, -0.25) is 4.79 Å². The van der Waals surface area contributed by atoms with Crippen LogP contribution in [0.2, 0.25) is 5.02 Å². The van der Waals surface area contributed by atoms with Crippen LogP contribution in [0.25, 0.3) is 5.57 Å². The molecule has 0 saturated heterocycles. The Morgan fingerprint density at radius 1 is 1.45 bits per heavy atom. The molecule has 0 heterocycles. The van der Waals surface area contributed by atoms with Crippen LogP contribution in [-0.2, 0) is 4.79 Å². The van der Waals surface area contributed by atoms with Crippen LogP contribution >= 0.6 is 11.6 Å². The highest BCUT2D eigenvalue weighted by atomic mass is 35.5. The van der Waals surface area contributed by atoms with Crippen molar-refractivity contribution in [3.05, 3.63) is 34.1 Å². The van der Waals surface area contributed by atoms with Gasteiger partial charge in [0.2, 0.25) is 0 Å². The zero-order valence-corrected chi connectivity index (χ0v) is 13.7. The van der Waals surface area contributed by atoms with Gasteiger partial charge in [-0.15, -0.1) is 0 Å². The van der Waals surface area contributed by atoms with Crippen LogP contribution in [0.3, 0.4) is 0 Å². The molecule has 22 heavy (non-hydrogen) atoms. The Labute approximate surface area is 135 Å². The summed E-state index contributed by atoms with van der Waals surface area (Å²) in [6.07, 6.45) is 6.30. The van der Waals surface area contributed by atoms with Crippen molar-refractivity contribution in [1.82, 2.24) is 0 Å². The normalized spacial score (nSPS) is 23.1. The number of ether oxygens (including phenoxy) is 1. The lowest BCUT2D eigenvalue weighted by molar-refractivity contribution is -0.115. The van der Waals surface area contributed by atoms with E-state index in [0.717, 1.165) is 42.4 Å². The lowest BCUT2D eigenvalue weighted by atomic mass is 9.80. The van der Waals surface area contributed by atoms with E-state index in [0.29, 0.717) is 11.4 Å². The number of methoxy groups -OCH3 is 1. The Hall–Kier alpha value is -1.35. The number of ketones is 1. The first-order chi connectivity index (χ1) is 10.6. The average molecular weight is 323 g/mol. The lowest BCUT2D eigenvalue weighted by Gasteiger charge is -2.24. The van der Waals surface area contributed by atoms with E-state index in [-0.39, 0.29) is 23.4 Å². The number of hydrogen-bond acceptors (Lipinski definition) is 2. The summed E-state index contributed by atoms with van der Waals surface area (Å²) in [5, 5.41) is 0.376. The smallest absolute Gasteiger partial charge is 0.173 e. The zero-order valence-electron chi connectivity index (χ0n) is 12.9. The van der Waals surface area contributed by atoms with Crippen molar-refractivity contribution < 1.29 is 13.9 Å². The molecule has 1 aromatic carbocycles. The maximum Gasteiger partial charge on any atom is 0.173 e. The highest BCUT2D eigenvalue weighted by Crippen LogP contribution is 2.55. The highest BCUT2D eigenvalue weighted by molar-refractivity contribution is 6.33. The number of hydrogen-bond donors (Lipinski definition) is 0. The molecule has 0 bridgehead atoms. The van der Waals surface area contributed by atoms with E-state index in [1.165, 1.54) is 13.2 Å². The van der Waals surface area contributed by atoms with Crippen LogP contribution in [0.5, 0.6) is 5.75 Å². The summed E-state index contributed by atoms with van der Waals surface area (Å²) in [6.45, 7) is 2.16. The number of carbonyl (C=O) groups is 1. The number of benzene rings is 1. The van der Waals surface area contributed by atoms with Gasteiger partial charge in [-0.1, -0.05) is 31.4 Å². The second-order valence-corrected chi connectivity index (χ2v) is 6.50. The second-order valence-electron chi connectivity index (χ2n) is 6.13. The van der Waals surface area contributed by atoms with Gasteiger partial charge in [0.25, 0.3) is 0 Å². The summed E-state index contributed by atoms with van der Waals surface area (Å²) in [4.78, 5) is 11.8. The molecule has 0 radical (unpaired) electrons. The van der Waals surface area contributed by atoms with Gasteiger partial charge in [0.05, 0.1) is 12.1 Å². The molecule has 0 fully saturated rings. The van der Waals surface area contributed by atoms with Crippen molar-refractivity contribution in [2.45, 2.75) is 44.9 Å². The minimum atomic E-state index is -0.458. The van der Waals surface area contributed by atoms with E-state index in [2.05, 4.69) is 6.92 Å². The summed E-state index contributed by atoms with van der Waals surface area (Å²) in [5.74, 6) is 0.327. The first-order valence-electron chi connectivity index (χ1n) is 7.89. The van der Waals surface area contributed by atoms with Crippen LogP contribution in [-0.4, -0.2) is 12.9 Å². The molecule has 0 saturated carbocycles. The highest BCUT2D eigenvalue weighted by Gasteiger charge is 2.41. The third-order valence-corrected chi connectivity index (χ3v) is 5.25. The van der Waals surface area contributed by atoms with Crippen LogP contribution in [0.1, 0.15) is 56.1 Å². The van der Waals surface area contributed by atoms with Gasteiger partial charge in [0, 0.05) is 6.42 Å². The minimum Gasteiger partial charge on any atom is -0.492 e. The molecular formula is C18H20ClFO2. The van der Waals surface area contributed by atoms with Gasteiger partial charge < -0.3 is 4.74 Å². The largest absolute Gasteiger partial charge is 0.492 e. The Kier molecular flexibility index (Phi) is 4.26. The summed E-state index contributed by atoms with van der Waals surface area (Å²) in [5.41, 5.74) is 2.75. The Bertz CT molecular complexity index is 651. The molecular weight excluding hydrogens is 303 g/mol. The van der Waals surface area contributed by atoms with Gasteiger partial charge in [-0.25, -0.2) is 4.39 Å². The van der Waals surface area contributed by atoms with E-state index in [4.69, 9.17) is 16.3 Å². The van der Waals surface area contributed by atoms with Gasteiger partial charge in [0.1, 0.15) is 0 Å². The number of rotatable bonds is 4. The fourth-order valence-electron chi connectivity index (χ4n) is 3.88. The summed E-state index contributed by atoms with van der Waals surface area (Å²) < 4.78 is 19.4. The predicted molar refractivity (Wildman–Crippen MR) is 85.9 cm³/mol. The summed E-state index contributed by atoms with van der Waals surface area (Å²) >= 11 is 6.46. The van der Waals surface area contributed by atoms with Crippen molar-refractivity contribution >= 4 is 23.0 Å². The monoisotopic (exact) mass is 322 g/mol. The molecule has 2 nitrogen and oxygen atoms in total. The molecule has 2 atom stereocenters. The molecule has 0 aromatic heterocycles. The van der Waals surface area contributed by atoms with E-state index < -0.39 is 5.82 Å². The Morgan fingerprint density at radius 3 is 2.91 bits per heavy atom. The maximum absolute atomic E-state index is 14.2. The van der Waals surface area contributed by atoms with Gasteiger partial charge in [-0.2, -0.15) is 0 Å². The van der Waals surface area contributed by atoms with Crippen LogP contribution in [0.4, 0.5) is 4.39 Å². The second kappa shape index (κ2) is 6.04. The number of allylic oxidation sites excluding steroid dienone is 2. The maximum atomic E-state index is 14.2. The van der Waals surface area contributed by atoms with Crippen LogP contribution in [0, 0.1) is 11.7 Å². The van der Waals surface area contributed by atoms with Crippen LogP contribution in [0.15, 0.2) is 12.1 Å². The molecule has 118 valence electrons. The Balaban J connectivity index is 2.17. The quantitative estimate of drug-likeness (QED) is 0.767. The molecule has 0 N–H and O–H groups in total. The SMILES string of the molecule is CCCCC1c2c(cc(F)c(OC)c2Cl)C2=CC(=O)CCC21. The topological polar surface area (TPSA) is 26.3 Å². The van der Waals surface area contributed by atoms with Crippen LogP contribution < -0.4 is 4.74 Å². The standard InChI is InChI=1S/C18H20ClFO2/c1-3-4-5-12-11-7-6-10(21)8-13(11)14-9-15(20)18(22-2)17(19)16(12)14/h8-9,11-12H,3-7H2,1-2H3. The number of carbonyl (C=O) groups excluding carboxylic acids is 1. The fourth-order valence-corrected chi connectivity index (χ4v) is 4.29. The number of unbranched alkanes of at least 4 members (excludes halogenated alkanes) is 1. The first kappa shape index (κ1) is 15.5. The molecule has 2 aliphatic rings.